The highest BCUT2D eigenvalue weighted by atomic mass is 19.1. The smallest absolute Gasteiger partial charge is 0.255 e. The second-order valence-electron chi connectivity index (χ2n) is 7.18. The Kier molecular flexibility index (Phi) is 6.68. The third-order valence-corrected chi connectivity index (χ3v) is 4.45. The minimum absolute atomic E-state index is 0.0868. The zero-order chi connectivity index (χ0) is 21.7. The highest BCUT2D eigenvalue weighted by Crippen LogP contribution is 2.38. The lowest BCUT2D eigenvalue weighted by atomic mass is 10.1. The number of nitrogens with one attached hydrogen (secondary N) is 1. The Morgan fingerprint density at radius 1 is 1.07 bits per heavy atom. The minimum atomic E-state index is -0.698. The summed E-state index contributed by atoms with van der Waals surface area (Å²) in [6, 6.07) is 6.67. The number of carbonyl (C=O) groups excluding carboxylic acids is 1. The number of aliphatic hydroxyl groups is 1. The molecule has 0 fully saturated rings. The van der Waals surface area contributed by atoms with E-state index in [1.54, 1.807) is 54.7 Å². The van der Waals surface area contributed by atoms with Gasteiger partial charge in [0.25, 0.3) is 5.91 Å². The van der Waals surface area contributed by atoms with Gasteiger partial charge in [0, 0.05) is 43.2 Å². The Morgan fingerprint density at radius 3 is 2.40 bits per heavy atom. The minimum Gasteiger partial charge on any atom is -0.392 e. The number of anilines is 3. The van der Waals surface area contributed by atoms with E-state index in [2.05, 4.69) is 20.3 Å². The molecule has 0 radical (unpaired) electrons. The van der Waals surface area contributed by atoms with Crippen molar-refractivity contribution in [2.24, 2.45) is 0 Å². The van der Waals surface area contributed by atoms with Crippen LogP contribution in [0, 0.1) is 5.82 Å². The molecule has 3 aromatic rings. The van der Waals surface area contributed by atoms with Gasteiger partial charge in [-0.05, 0) is 37.1 Å². The van der Waals surface area contributed by atoms with Crippen LogP contribution in [0.2, 0.25) is 0 Å². The second kappa shape index (κ2) is 9.41. The largest absolute Gasteiger partial charge is 0.392 e. The summed E-state index contributed by atoms with van der Waals surface area (Å²) in [7, 11) is 0. The molecule has 2 N–H and O–H groups in total. The molecule has 0 bridgehead atoms. The number of amides is 1. The van der Waals surface area contributed by atoms with Crippen molar-refractivity contribution in [2.45, 2.75) is 32.8 Å². The number of halogens is 1. The number of pyridine rings is 3. The fraction of sp³-hybridized carbons (Fsp3) is 0.273. The van der Waals surface area contributed by atoms with Crippen molar-refractivity contribution in [1.82, 2.24) is 20.3 Å². The van der Waals surface area contributed by atoms with E-state index >= 15 is 4.39 Å². The molecule has 0 aliphatic carbocycles. The van der Waals surface area contributed by atoms with Gasteiger partial charge in [0.1, 0.15) is 0 Å². The maximum atomic E-state index is 15.5. The van der Waals surface area contributed by atoms with Crippen molar-refractivity contribution in [1.29, 1.82) is 0 Å². The molecule has 1 unspecified atom stereocenters. The van der Waals surface area contributed by atoms with Gasteiger partial charge in [-0.15, -0.1) is 0 Å². The van der Waals surface area contributed by atoms with Crippen molar-refractivity contribution < 1.29 is 14.3 Å². The van der Waals surface area contributed by atoms with Gasteiger partial charge >= 0.3 is 0 Å². The summed E-state index contributed by atoms with van der Waals surface area (Å²) in [6.07, 6.45) is 7.01. The van der Waals surface area contributed by atoms with Gasteiger partial charge in [0.05, 0.1) is 28.7 Å². The zero-order valence-corrected chi connectivity index (χ0v) is 17.1. The van der Waals surface area contributed by atoms with Crippen LogP contribution in [0.15, 0.2) is 55.2 Å². The van der Waals surface area contributed by atoms with Crippen LogP contribution in [0.3, 0.4) is 0 Å². The highest BCUT2D eigenvalue weighted by Gasteiger charge is 2.24. The highest BCUT2D eigenvalue weighted by molar-refractivity contribution is 6.01. The molecule has 1 atom stereocenters. The normalized spacial score (nSPS) is 11.9. The van der Waals surface area contributed by atoms with E-state index in [1.165, 1.54) is 12.4 Å². The molecule has 0 spiro atoms. The van der Waals surface area contributed by atoms with Gasteiger partial charge in [-0.1, -0.05) is 13.8 Å². The van der Waals surface area contributed by atoms with Crippen LogP contribution in [-0.4, -0.2) is 38.6 Å². The molecule has 156 valence electrons. The van der Waals surface area contributed by atoms with Crippen LogP contribution in [0.1, 0.15) is 42.7 Å². The number of hydrogen-bond acceptors (Lipinski definition) is 6. The molecular formula is C22H24FN5O2. The van der Waals surface area contributed by atoms with E-state index in [0.717, 1.165) is 0 Å². The van der Waals surface area contributed by atoms with E-state index in [0.29, 0.717) is 17.1 Å². The van der Waals surface area contributed by atoms with E-state index in [4.69, 9.17) is 0 Å². The topological polar surface area (TPSA) is 91.2 Å². The zero-order valence-electron chi connectivity index (χ0n) is 17.1. The number of rotatable bonds is 7. The summed E-state index contributed by atoms with van der Waals surface area (Å²) in [5, 5.41) is 12.2. The first-order chi connectivity index (χ1) is 14.4. The first-order valence-electron chi connectivity index (χ1n) is 9.65. The Morgan fingerprint density at radius 2 is 1.73 bits per heavy atom. The maximum absolute atomic E-state index is 15.5. The summed E-state index contributed by atoms with van der Waals surface area (Å²) in [5.74, 6) is -0.997. The van der Waals surface area contributed by atoms with Crippen LogP contribution >= 0.6 is 0 Å². The van der Waals surface area contributed by atoms with Crippen LogP contribution in [0.5, 0.6) is 0 Å². The second-order valence-corrected chi connectivity index (χ2v) is 7.18. The first-order valence-corrected chi connectivity index (χ1v) is 9.65. The lowest BCUT2D eigenvalue weighted by Crippen LogP contribution is -2.31. The average Bonchev–Trinajstić information content (AvgIpc) is 2.74. The van der Waals surface area contributed by atoms with Gasteiger partial charge in [0.2, 0.25) is 0 Å². The number of hydrogen-bond donors (Lipinski definition) is 2. The molecule has 8 heteroatoms. The number of aromatic nitrogens is 3. The maximum Gasteiger partial charge on any atom is 0.255 e. The van der Waals surface area contributed by atoms with E-state index in [-0.39, 0.29) is 23.7 Å². The molecule has 30 heavy (non-hydrogen) atoms. The summed E-state index contributed by atoms with van der Waals surface area (Å²) in [4.78, 5) is 26.7. The molecule has 0 aliphatic heterocycles. The molecule has 3 heterocycles. The SMILES string of the molecule is CC(O)CNC(=O)c1cnccc1N(c1ccncc1)c1ccnc(C(C)C)c1F. The molecule has 1 amide bonds. The van der Waals surface area contributed by atoms with Gasteiger partial charge in [-0.25, -0.2) is 4.39 Å². The molecule has 0 aromatic carbocycles. The van der Waals surface area contributed by atoms with Gasteiger partial charge in [0.15, 0.2) is 5.82 Å². The van der Waals surface area contributed by atoms with Crippen molar-refractivity contribution >= 4 is 23.0 Å². The van der Waals surface area contributed by atoms with E-state index in [9.17, 15) is 9.90 Å². The fourth-order valence-corrected chi connectivity index (χ4v) is 3.02. The van der Waals surface area contributed by atoms with Gasteiger partial charge in [-0.2, -0.15) is 0 Å². The lowest BCUT2D eigenvalue weighted by molar-refractivity contribution is 0.0924. The lowest BCUT2D eigenvalue weighted by Gasteiger charge is -2.28. The number of aliphatic hydroxyl groups excluding tert-OH is 1. The first kappa shape index (κ1) is 21.3. The fourth-order valence-electron chi connectivity index (χ4n) is 3.02. The van der Waals surface area contributed by atoms with E-state index < -0.39 is 17.8 Å². The Labute approximate surface area is 174 Å². The standard InChI is InChI=1S/C22H24FN5O2/c1-14(2)21-20(23)19(7-11-26-21)28(16-4-8-24-9-5-16)18-6-10-25-13-17(18)22(30)27-12-15(3)29/h4-11,13-15,29H,12H2,1-3H3,(H,27,30). The summed E-state index contributed by atoms with van der Waals surface area (Å²) >= 11 is 0. The molecule has 0 saturated carbocycles. The number of nitrogens with zero attached hydrogens (tertiary/aromatic N) is 4. The molecular weight excluding hydrogens is 385 g/mol. The summed E-state index contributed by atoms with van der Waals surface area (Å²) in [5.41, 5.74) is 1.91. The summed E-state index contributed by atoms with van der Waals surface area (Å²) in [6.45, 7) is 5.40. The van der Waals surface area contributed by atoms with Crippen LogP contribution in [0.4, 0.5) is 21.5 Å². The third-order valence-electron chi connectivity index (χ3n) is 4.45. The van der Waals surface area contributed by atoms with Crippen molar-refractivity contribution in [3.05, 3.63) is 72.3 Å². The molecule has 3 rings (SSSR count). The Hall–Kier alpha value is -3.39. The van der Waals surface area contributed by atoms with Crippen LogP contribution < -0.4 is 10.2 Å². The van der Waals surface area contributed by atoms with Crippen molar-refractivity contribution in [2.75, 3.05) is 11.4 Å². The predicted octanol–water partition coefficient (Wildman–Crippen LogP) is 3.71. The Bertz CT molecular complexity index is 1010. The van der Waals surface area contributed by atoms with Crippen molar-refractivity contribution in [3.8, 4) is 0 Å². The Balaban J connectivity index is 2.18. The monoisotopic (exact) mass is 409 g/mol. The molecule has 0 aliphatic rings. The molecule has 7 nitrogen and oxygen atoms in total. The van der Waals surface area contributed by atoms with E-state index in [1.807, 2.05) is 13.8 Å². The quantitative estimate of drug-likeness (QED) is 0.618. The summed E-state index contributed by atoms with van der Waals surface area (Å²) < 4.78 is 15.5. The molecule has 0 saturated heterocycles. The van der Waals surface area contributed by atoms with Crippen molar-refractivity contribution in [3.63, 3.8) is 0 Å². The molecule has 3 aromatic heterocycles. The van der Waals surface area contributed by atoms with Crippen LogP contribution in [0.25, 0.3) is 0 Å². The third kappa shape index (κ3) is 4.60. The van der Waals surface area contributed by atoms with Crippen LogP contribution in [-0.2, 0) is 0 Å². The van der Waals surface area contributed by atoms with Gasteiger partial charge < -0.3 is 15.3 Å². The number of carbonyl (C=O) groups is 1. The van der Waals surface area contributed by atoms with Gasteiger partial charge in [-0.3, -0.25) is 19.7 Å². The predicted molar refractivity (Wildman–Crippen MR) is 113 cm³/mol. The average molecular weight is 409 g/mol.